The van der Waals surface area contributed by atoms with Gasteiger partial charge in [0, 0.05) is 22.2 Å². The van der Waals surface area contributed by atoms with Crippen molar-refractivity contribution in [1.82, 2.24) is 10.3 Å². The van der Waals surface area contributed by atoms with E-state index < -0.39 is 0 Å². The monoisotopic (exact) mass is 334 g/mol. The normalized spacial score (nSPS) is 19.8. The maximum Gasteiger partial charge on any atom is 0.136 e. The minimum absolute atomic E-state index is 0.0144. The van der Waals surface area contributed by atoms with Gasteiger partial charge in [-0.3, -0.25) is 10.3 Å². The first-order valence-electron chi connectivity index (χ1n) is 7.92. The van der Waals surface area contributed by atoms with Gasteiger partial charge in [0.15, 0.2) is 0 Å². The summed E-state index contributed by atoms with van der Waals surface area (Å²) in [4.78, 5) is 10.9. The second-order valence-electron chi connectivity index (χ2n) is 5.61. The fraction of sp³-hybridized carbons (Fsp3) is 0.158. The van der Waals surface area contributed by atoms with Crippen molar-refractivity contribution in [2.24, 2.45) is 4.99 Å². The lowest BCUT2D eigenvalue weighted by molar-refractivity contribution is 0.529. The van der Waals surface area contributed by atoms with Crippen molar-refractivity contribution in [1.29, 1.82) is 0 Å². The van der Waals surface area contributed by atoms with Gasteiger partial charge < -0.3 is 5.32 Å². The molecule has 1 aliphatic heterocycles. The zero-order valence-electron chi connectivity index (χ0n) is 13.3. The highest BCUT2D eigenvalue weighted by atomic mass is 32.1. The van der Waals surface area contributed by atoms with Gasteiger partial charge in [-0.2, -0.15) is 0 Å². The van der Waals surface area contributed by atoms with E-state index in [0.717, 1.165) is 22.7 Å². The van der Waals surface area contributed by atoms with Crippen molar-refractivity contribution in [3.63, 3.8) is 0 Å². The minimum atomic E-state index is -0.0153. The topological polar surface area (TPSA) is 49.3 Å². The van der Waals surface area contributed by atoms with Gasteiger partial charge in [0.05, 0.1) is 5.71 Å². The number of nitrogens with zero attached hydrogens (tertiary/aromatic N) is 2. The molecule has 24 heavy (non-hydrogen) atoms. The third-order valence-corrected chi connectivity index (χ3v) is 5.07. The fourth-order valence-corrected chi connectivity index (χ4v) is 3.76. The van der Waals surface area contributed by atoms with E-state index in [1.807, 2.05) is 37.5 Å². The van der Waals surface area contributed by atoms with E-state index in [-0.39, 0.29) is 12.2 Å². The van der Waals surface area contributed by atoms with Crippen LogP contribution in [0.5, 0.6) is 0 Å². The van der Waals surface area contributed by atoms with E-state index in [1.54, 1.807) is 11.3 Å². The van der Waals surface area contributed by atoms with E-state index in [1.165, 1.54) is 4.88 Å². The molecule has 3 aromatic rings. The number of anilines is 1. The molecule has 0 radical (unpaired) electrons. The summed E-state index contributed by atoms with van der Waals surface area (Å²) in [5.41, 5.74) is 3.11. The van der Waals surface area contributed by atoms with Crippen LogP contribution in [0.1, 0.15) is 22.0 Å². The molecule has 1 aliphatic rings. The van der Waals surface area contributed by atoms with Crippen LogP contribution in [0.3, 0.4) is 0 Å². The number of hydrogen-bond acceptors (Lipinski definition) is 5. The summed E-state index contributed by atoms with van der Waals surface area (Å²) in [6.45, 7) is 0. The largest absolute Gasteiger partial charge is 0.352 e. The Balaban J connectivity index is 1.91. The van der Waals surface area contributed by atoms with Gasteiger partial charge in [0.1, 0.15) is 18.0 Å². The molecule has 2 atom stereocenters. The highest BCUT2D eigenvalue weighted by molar-refractivity contribution is 7.10. The maximum absolute atomic E-state index is 5.14. The highest BCUT2D eigenvalue weighted by Gasteiger charge is 2.28. The minimum Gasteiger partial charge on any atom is -0.352 e. The van der Waals surface area contributed by atoms with Gasteiger partial charge in [0.2, 0.25) is 0 Å². The molecular weight excluding hydrogens is 316 g/mol. The zero-order chi connectivity index (χ0) is 16.4. The van der Waals surface area contributed by atoms with Crippen LogP contribution < -0.4 is 10.6 Å². The maximum atomic E-state index is 5.14. The summed E-state index contributed by atoms with van der Waals surface area (Å²) >= 11 is 1.73. The number of rotatable bonds is 3. The number of aromatic nitrogens is 1. The zero-order valence-corrected chi connectivity index (χ0v) is 14.1. The third kappa shape index (κ3) is 2.72. The Morgan fingerprint density at radius 2 is 1.92 bits per heavy atom. The number of fused-ring (bicyclic) bond motifs is 1. The highest BCUT2D eigenvalue weighted by Crippen LogP contribution is 2.32. The van der Waals surface area contributed by atoms with E-state index in [2.05, 4.69) is 51.3 Å². The summed E-state index contributed by atoms with van der Waals surface area (Å²) in [7, 11) is 1.95. The molecular formula is C19H18N4S. The van der Waals surface area contributed by atoms with Crippen molar-refractivity contribution in [2.75, 3.05) is 12.4 Å². The summed E-state index contributed by atoms with van der Waals surface area (Å²) in [5, 5.41) is 8.95. The van der Waals surface area contributed by atoms with E-state index >= 15 is 0 Å². The van der Waals surface area contributed by atoms with E-state index in [9.17, 15) is 0 Å². The third-order valence-electron chi connectivity index (χ3n) is 4.13. The number of nitrogens with one attached hydrogen (secondary N) is 2. The Labute approximate surface area is 145 Å². The number of benzene rings is 1. The number of hydrogen-bond donors (Lipinski definition) is 2. The van der Waals surface area contributed by atoms with Crippen molar-refractivity contribution in [3.8, 4) is 0 Å². The average Bonchev–Trinajstić information content (AvgIpc) is 3.11. The van der Waals surface area contributed by atoms with Crippen molar-refractivity contribution in [3.05, 3.63) is 82.2 Å². The van der Waals surface area contributed by atoms with Crippen LogP contribution in [-0.4, -0.2) is 23.9 Å². The Hall–Kier alpha value is -2.50. The molecule has 0 saturated heterocycles. The van der Waals surface area contributed by atoms with Crippen LogP contribution in [0.2, 0.25) is 0 Å². The van der Waals surface area contributed by atoms with Crippen LogP contribution >= 0.6 is 11.3 Å². The smallest absolute Gasteiger partial charge is 0.136 e. The summed E-state index contributed by atoms with van der Waals surface area (Å²) < 4.78 is 0. The summed E-state index contributed by atoms with van der Waals surface area (Å²) in [5.74, 6) is 0.860. The van der Waals surface area contributed by atoms with Gasteiger partial charge in [-0.1, -0.05) is 36.4 Å². The number of aliphatic imine (C=N–C) groups is 1. The van der Waals surface area contributed by atoms with Gasteiger partial charge in [-0.05, 0) is 30.6 Å². The quantitative estimate of drug-likeness (QED) is 0.768. The lowest BCUT2D eigenvalue weighted by Crippen LogP contribution is -2.38. The number of likely N-dealkylation sites (N-methyl/N-ethyl adjacent to an activating group) is 1. The van der Waals surface area contributed by atoms with Gasteiger partial charge in [-0.15, -0.1) is 11.3 Å². The first-order chi connectivity index (χ1) is 11.9. The Morgan fingerprint density at radius 1 is 1.04 bits per heavy atom. The molecule has 0 spiro atoms. The average molecular weight is 334 g/mol. The van der Waals surface area contributed by atoms with E-state index in [4.69, 9.17) is 4.99 Å². The number of pyridine rings is 1. The summed E-state index contributed by atoms with van der Waals surface area (Å²) in [6, 6.07) is 18.5. The standard InChI is InChI=1S/C19H18N4S/c1-20-19-17(15-10-6-12-24-15)22-16(13-7-3-2-4-8-13)14-9-5-11-21-18(14)23-19/h2-12,17,19-20H,1H3,(H,21,23). The molecule has 2 N–H and O–H groups in total. The molecule has 2 unspecified atom stereocenters. The van der Waals surface area contributed by atoms with Crippen LogP contribution in [-0.2, 0) is 0 Å². The molecule has 3 heterocycles. The predicted molar refractivity (Wildman–Crippen MR) is 99.8 cm³/mol. The summed E-state index contributed by atoms with van der Waals surface area (Å²) in [6.07, 6.45) is 1.80. The lowest BCUT2D eigenvalue weighted by atomic mass is 10.0. The molecule has 5 heteroatoms. The Bertz CT molecular complexity index is 843. The molecule has 120 valence electrons. The molecule has 2 aromatic heterocycles. The van der Waals surface area contributed by atoms with Crippen molar-refractivity contribution >= 4 is 22.9 Å². The molecule has 1 aromatic carbocycles. The van der Waals surface area contributed by atoms with Crippen molar-refractivity contribution < 1.29 is 0 Å². The van der Waals surface area contributed by atoms with Crippen LogP contribution in [0.4, 0.5) is 5.82 Å². The van der Waals surface area contributed by atoms with Crippen molar-refractivity contribution in [2.45, 2.75) is 12.2 Å². The lowest BCUT2D eigenvalue weighted by Gasteiger charge is -2.23. The van der Waals surface area contributed by atoms with Gasteiger partial charge in [-0.25, -0.2) is 4.98 Å². The SMILES string of the molecule is CNC1Nc2ncccc2C(c2ccccc2)=NC1c1cccs1. The first kappa shape index (κ1) is 15.1. The molecule has 0 bridgehead atoms. The molecule has 0 aliphatic carbocycles. The fourth-order valence-electron chi connectivity index (χ4n) is 2.96. The van der Waals surface area contributed by atoms with Gasteiger partial charge in [0.25, 0.3) is 0 Å². The molecule has 0 saturated carbocycles. The second kappa shape index (κ2) is 6.55. The molecule has 4 nitrogen and oxygen atoms in total. The molecule has 0 amide bonds. The Kier molecular flexibility index (Phi) is 4.11. The van der Waals surface area contributed by atoms with Crippen LogP contribution in [0.25, 0.3) is 0 Å². The number of thiophene rings is 1. The predicted octanol–water partition coefficient (Wildman–Crippen LogP) is 3.69. The van der Waals surface area contributed by atoms with E-state index in [0.29, 0.717) is 0 Å². The van der Waals surface area contributed by atoms with Gasteiger partial charge >= 0.3 is 0 Å². The second-order valence-corrected chi connectivity index (χ2v) is 6.59. The first-order valence-corrected chi connectivity index (χ1v) is 8.80. The molecule has 0 fully saturated rings. The van der Waals surface area contributed by atoms with Crippen LogP contribution in [0, 0.1) is 0 Å². The Morgan fingerprint density at radius 3 is 2.67 bits per heavy atom. The van der Waals surface area contributed by atoms with Crippen LogP contribution in [0.15, 0.2) is 71.2 Å². The molecule has 4 rings (SSSR count).